The number of hydrogen-bond donors (Lipinski definition) is 1. The summed E-state index contributed by atoms with van der Waals surface area (Å²) in [4.78, 5) is 24.0. The molecule has 1 saturated heterocycles. The normalized spacial score (nSPS) is 15.7. The van der Waals surface area contributed by atoms with Gasteiger partial charge in [0.25, 0.3) is 0 Å². The molecule has 1 N–H and O–H groups in total. The summed E-state index contributed by atoms with van der Waals surface area (Å²) in [6.45, 7) is 3.29. The first kappa shape index (κ1) is 17.7. The Morgan fingerprint density at radius 1 is 1.39 bits per heavy atom. The molecular weight excluding hydrogens is 364 g/mol. The van der Waals surface area contributed by atoms with E-state index < -0.39 is 5.97 Å². The van der Waals surface area contributed by atoms with Gasteiger partial charge in [-0.1, -0.05) is 0 Å². The molecule has 0 spiro atoms. The highest BCUT2D eigenvalue weighted by molar-refractivity contribution is 9.10. The summed E-state index contributed by atoms with van der Waals surface area (Å²) in [5.41, 5.74) is 0.879. The monoisotopic (exact) mass is 384 g/mol. The number of carbonyl (C=O) groups is 1. The van der Waals surface area contributed by atoms with Crippen molar-refractivity contribution in [2.24, 2.45) is 4.99 Å². The summed E-state index contributed by atoms with van der Waals surface area (Å²) in [7, 11) is 5.07. The largest absolute Gasteiger partial charge is 0.465 e. The molecule has 0 unspecified atom stereocenters. The van der Waals surface area contributed by atoms with Crippen molar-refractivity contribution in [2.45, 2.75) is 0 Å². The van der Waals surface area contributed by atoms with Crippen LogP contribution < -0.4 is 10.2 Å². The van der Waals surface area contributed by atoms with Crippen LogP contribution in [0.15, 0.2) is 21.6 Å². The average molecular weight is 385 g/mol. The number of ether oxygens (including phenoxy) is 1. The Hall–Kier alpha value is -1.64. The summed E-state index contributed by atoms with van der Waals surface area (Å²) in [6.07, 6.45) is 1.63. The van der Waals surface area contributed by atoms with E-state index >= 15 is 0 Å². The lowest BCUT2D eigenvalue weighted by molar-refractivity contribution is -0.0671. The number of aliphatic imine (C=N–C) groups is 1. The molecule has 0 aliphatic carbocycles. The van der Waals surface area contributed by atoms with Gasteiger partial charge in [-0.25, -0.2) is 9.79 Å². The predicted octanol–water partition coefficient (Wildman–Crippen LogP) is 1.66. The van der Waals surface area contributed by atoms with Crippen molar-refractivity contribution in [3.63, 3.8) is 0 Å². The van der Waals surface area contributed by atoms with Crippen LogP contribution in [0.4, 0.5) is 5.69 Å². The average Bonchev–Trinajstić information content (AvgIpc) is 2.55. The molecule has 8 heteroatoms. The van der Waals surface area contributed by atoms with E-state index in [1.54, 1.807) is 23.4 Å². The maximum absolute atomic E-state index is 12.0. The van der Waals surface area contributed by atoms with Crippen LogP contribution in [0.25, 0.3) is 0 Å². The first-order valence-corrected chi connectivity index (χ1v) is 8.06. The van der Waals surface area contributed by atoms with E-state index in [0.29, 0.717) is 17.0 Å². The van der Waals surface area contributed by atoms with Crippen LogP contribution >= 0.6 is 15.9 Å². The minimum atomic E-state index is -0.450. The lowest BCUT2D eigenvalue weighted by atomic mass is 10.1. The molecule has 0 saturated carbocycles. The molecule has 7 nitrogen and oxygen atoms in total. The number of halogens is 1. The van der Waals surface area contributed by atoms with E-state index in [1.165, 1.54) is 7.11 Å². The lowest BCUT2D eigenvalue weighted by Gasteiger charge is -2.27. The standard InChI is InChI=1S/C15H21BrN4O3/c1-19(2)10-18-13-9-12(16)14(8-11(13)15(21)22-3)23-20-6-4-17-5-7-20/h8-10,17H,4-7H2,1-3H3/b18-10+. The summed E-state index contributed by atoms with van der Waals surface area (Å²) in [5, 5.41) is 5.12. The van der Waals surface area contributed by atoms with Crippen LogP contribution in [-0.2, 0) is 4.74 Å². The fourth-order valence-electron chi connectivity index (χ4n) is 2.05. The van der Waals surface area contributed by atoms with Crippen LogP contribution in [-0.4, -0.2) is 69.7 Å². The fraction of sp³-hybridized carbons (Fsp3) is 0.467. The van der Waals surface area contributed by atoms with Crippen molar-refractivity contribution in [3.8, 4) is 5.75 Å². The Morgan fingerprint density at radius 3 is 2.70 bits per heavy atom. The maximum atomic E-state index is 12.0. The second-order valence-corrected chi connectivity index (χ2v) is 6.12. The Labute approximate surface area is 144 Å². The Kier molecular flexibility index (Phi) is 6.37. The van der Waals surface area contributed by atoms with Crippen molar-refractivity contribution in [1.29, 1.82) is 0 Å². The van der Waals surface area contributed by atoms with Crippen molar-refractivity contribution < 1.29 is 14.4 Å². The highest BCUT2D eigenvalue weighted by atomic mass is 79.9. The van der Waals surface area contributed by atoms with Gasteiger partial charge in [0.2, 0.25) is 0 Å². The third-order valence-corrected chi connectivity index (χ3v) is 3.81. The fourth-order valence-corrected chi connectivity index (χ4v) is 2.45. The van der Waals surface area contributed by atoms with Gasteiger partial charge in [0.1, 0.15) is 0 Å². The smallest absolute Gasteiger partial charge is 0.340 e. The predicted molar refractivity (Wildman–Crippen MR) is 92.4 cm³/mol. The summed E-state index contributed by atoms with van der Waals surface area (Å²) >= 11 is 3.48. The highest BCUT2D eigenvalue weighted by Gasteiger charge is 2.19. The SMILES string of the molecule is COC(=O)c1cc(ON2CCNCC2)c(Br)cc1/N=C/N(C)C. The van der Waals surface area contributed by atoms with Gasteiger partial charge in [-0.05, 0) is 22.0 Å². The van der Waals surface area contributed by atoms with Gasteiger partial charge in [-0.15, -0.1) is 5.06 Å². The second-order valence-electron chi connectivity index (χ2n) is 5.27. The molecule has 1 fully saturated rings. The van der Waals surface area contributed by atoms with E-state index in [4.69, 9.17) is 9.57 Å². The quantitative estimate of drug-likeness (QED) is 0.473. The topological polar surface area (TPSA) is 66.4 Å². The zero-order valence-electron chi connectivity index (χ0n) is 13.5. The molecule has 23 heavy (non-hydrogen) atoms. The van der Waals surface area contributed by atoms with E-state index in [0.717, 1.165) is 30.7 Å². The molecule has 0 aromatic heterocycles. The van der Waals surface area contributed by atoms with Crippen LogP contribution in [0.1, 0.15) is 10.4 Å². The molecule has 1 aromatic carbocycles. The third kappa shape index (κ3) is 4.92. The number of rotatable bonds is 5. The van der Waals surface area contributed by atoms with Gasteiger partial charge in [0.05, 0.1) is 29.2 Å². The van der Waals surface area contributed by atoms with E-state index in [9.17, 15) is 4.79 Å². The Bertz CT molecular complexity index is 586. The van der Waals surface area contributed by atoms with Crippen LogP contribution in [0, 0.1) is 0 Å². The number of benzene rings is 1. The second kappa shape index (κ2) is 8.28. The number of esters is 1. The van der Waals surface area contributed by atoms with Crippen molar-refractivity contribution >= 4 is 33.9 Å². The zero-order chi connectivity index (χ0) is 16.8. The van der Waals surface area contributed by atoms with Gasteiger partial charge in [-0.3, -0.25) is 0 Å². The molecule has 2 rings (SSSR count). The molecule has 1 aromatic rings. The minimum absolute atomic E-state index is 0.360. The van der Waals surface area contributed by atoms with Crippen molar-refractivity contribution in [1.82, 2.24) is 15.3 Å². The molecule has 1 aliphatic heterocycles. The molecule has 1 heterocycles. The van der Waals surface area contributed by atoms with Crippen molar-refractivity contribution in [2.75, 3.05) is 47.4 Å². The molecule has 0 atom stereocenters. The lowest BCUT2D eigenvalue weighted by Crippen LogP contribution is -2.45. The van der Waals surface area contributed by atoms with Crippen LogP contribution in [0.2, 0.25) is 0 Å². The van der Waals surface area contributed by atoms with Gasteiger partial charge < -0.3 is 19.8 Å². The Morgan fingerprint density at radius 2 is 2.09 bits per heavy atom. The molecule has 1 aliphatic rings. The summed E-state index contributed by atoms with van der Waals surface area (Å²) in [5.74, 6) is 0.115. The van der Waals surface area contributed by atoms with Crippen molar-refractivity contribution in [3.05, 3.63) is 22.2 Å². The van der Waals surface area contributed by atoms with Gasteiger partial charge in [0.15, 0.2) is 5.75 Å². The van der Waals surface area contributed by atoms with E-state index in [2.05, 4.69) is 26.2 Å². The number of hydrogen-bond acceptors (Lipinski definition) is 6. The number of carbonyl (C=O) groups excluding carboxylic acids is 1. The first-order valence-electron chi connectivity index (χ1n) is 7.27. The Balaban J connectivity index is 2.31. The summed E-state index contributed by atoms with van der Waals surface area (Å²) < 4.78 is 5.58. The first-order chi connectivity index (χ1) is 11.0. The van der Waals surface area contributed by atoms with Gasteiger partial charge in [0, 0.05) is 46.3 Å². The number of piperazine rings is 1. The highest BCUT2D eigenvalue weighted by Crippen LogP contribution is 2.34. The van der Waals surface area contributed by atoms with Crippen LogP contribution in [0.3, 0.4) is 0 Å². The van der Waals surface area contributed by atoms with Gasteiger partial charge in [-0.2, -0.15) is 0 Å². The van der Waals surface area contributed by atoms with E-state index in [-0.39, 0.29) is 0 Å². The molecule has 0 radical (unpaired) electrons. The van der Waals surface area contributed by atoms with Gasteiger partial charge >= 0.3 is 5.97 Å². The number of methoxy groups -OCH3 is 1. The minimum Gasteiger partial charge on any atom is -0.465 e. The van der Waals surface area contributed by atoms with Crippen LogP contribution in [0.5, 0.6) is 5.75 Å². The number of hydroxylamine groups is 2. The molecule has 0 bridgehead atoms. The third-order valence-electron chi connectivity index (χ3n) is 3.19. The maximum Gasteiger partial charge on any atom is 0.340 e. The van der Waals surface area contributed by atoms with E-state index in [1.807, 2.05) is 19.2 Å². The molecule has 126 valence electrons. The molecular formula is C15H21BrN4O3. The molecule has 0 amide bonds. The number of nitrogens with zero attached hydrogens (tertiary/aromatic N) is 3. The zero-order valence-corrected chi connectivity index (χ0v) is 15.1. The summed E-state index contributed by atoms with van der Waals surface area (Å²) in [6, 6.07) is 3.41. The number of nitrogens with one attached hydrogen (secondary N) is 1.